The van der Waals surface area contributed by atoms with Crippen LogP contribution in [0.4, 0.5) is 0 Å². The molecule has 0 bridgehead atoms. The number of hydrogen-bond acceptors (Lipinski definition) is 6. The second kappa shape index (κ2) is 5.56. The van der Waals surface area contributed by atoms with Gasteiger partial charge in [-0.1, -0.05) is 5.16 Å². The van der Waals surface area contributed by atoms with Gasteiger partial charge in [0.05, 0.1) is 37.8 Å². The highest BCUT2D eigenvalue weighted by atomic mass is 16.5. The maximum absolute atomic E-state index is 9.31. The lowest BCUT2D eigenvalue weighted by Crippen LogP contribution is -2.46. The summed E-state index contributed by atoms with van der Waals surface area (Å²) in [6, 6.07) is 5.53. The fraction of sp³-hybridized carbons (Fsp3) is 0.462. The molecule has 2 aromatic heterocycles. The van der Waals surface area contributed by atoms with Gasteiger partial charge in [-0.15, -0.1) is 0 Å². The monoisotopic (exact) mass is 264 g/mol. The summed E-state index contributed by atoms with van der Waals surface area (Å²) >= 11 is 0. The van der Waals surface area contributed by atoms with E-state index in [-0.39, 0.29) is 12.6 Å². The number of aliphatic hydroxyl groups is 1. The molecule has 0 aliphatic carbocycles. The second-order valence-corrected chi connectivity index (χ2v) is 4.54. The maximum Gasteiger partial charge on any atom is 0.202 e. The van der Waals surface area contributed by atoms with Crippen LogP contribution in [-0.4, -0.2) is 47.6 Å². The van der Waals surface area contributed by atoms with E-state index in [0.29, 0.717) is 31.3 Å². The molecule has 1 N–H and O–H groups in total. The Labute approximate surface area is 110 Å². The molecule has 1 saturated heterocycles. The van der Waals surface area contributed by atoms with Crippen molar-refractivity contribution < 1.29 is 18.8 Å². The normalized spacial score (nSPS) is 20.8. The van der Waals surface area contributed by atoms with Crippen LogP contribution < -0.4 is 0 Å². The first kappa shape index (κ1) is 12.4. The van der Waals surface area contributed by atoms with Crippen LogP contribution in [-0.2, 0) is 11.3 Å². The lowest BCUT2D eigenvalue weighted by molar-refractivity contribution is -0.0320. The Kier molecular flexibility index (Phi) is 3.63. The van der Waals surface area contributed by atoms with E-state index in [9.17, 15) is 5.11 Å². The minimum absolute atomic E-state index is 0.0255. The number of rotatable bonds is 4. The molecule has 102 valence electrons. The van der Waals surface area contributed by atoms with Crippen LogP contribution in [0.5, 0.6) is 0 Å². The average Bonchev–Trinajstić information content (AvgIpc) is 3.09. The van der Waals surface area contributed by atoms with E-state index in [1.165, 1.54) is 0 Å². The molecule has 0 spiro atoms. The zero-order valence-electron chi connectivity index (χ0n) is 10.5. The van der Waals surface area contributed by atoms with Crippen molar-refractivity contribution in [2.45, 2.75) is 12.6 Å². The van der Waals surface area contributed by atoms with E-state index >= 15 is 0 Å². The van der Waals surface area contributed by atoms with Gasteiger partial charge in [0.1, 0.15) is 0 Å². The Hall–Kier alpha value is -1.63. The van der Waals surface area contributed by atoms with Gasteiger partial charge < -0.3 is 18.8 Å². The third-order valence-corrected chi connectivity index (χ3v) is 3.25. The van der Waals surface area contributed by atoms with Gasteiger partial charge in [-0.3, -0.25) is 4.90 Å². The molecule has 6 heteroatoms. The van der Waals surface area contributed by atoms with E-state index in [1.807, 2.05) is 12.1 Å². The first-order valence-corrected chi connectivity index (χ1v) is 6.29. The quantitative estimate of drug-likeness (QED) is 0.892. The summed E-state index contributed by atoms with van der Waals surface area (Å²) in [6.07, 6.45) is 1.60. The Morgan fingerprint density at radius 3 is 3.16 bits per heavy atom. The number of aromatic nitrogens is 1. The molecule has 0 radical (unpaired) electrons. The van der Waals surface area contributed by atoms with Crippen molar-refractivity contribution in [3.8, 4) is 11.5 Å². The van der Waals surface area contributed by atoms with Crippen LogP contribution in [0, 0.1) is 0 Å². The zero-order valence-corrected chi connectivity index (χ0v) is 10.5. The number of hydrogen-bond donors (Lipinski definition) is 1. The van der Waals surface area contributed by atoms with Gasteiger partial charge in [0.15, 0.2) is 5.76 Å². The molecule has 0 amide bonds. The third kappa shape index (κ3) is 2.70. The number of nitrogens with zero attached hydrogens (tertiary/aromatic N) is 2. The molecule has 19 heavy (non-hydrogen) atoms. The first-order valence-electron chi connectivity index (χ1n) is 6.29. The van der Waals surface area contributed by atoms with Crippen LogP contribution in [0.15, 0.2) is 33.4 Å². The molecule has 3 heterocycles. The number of ether oxygens (including phenoxy) is 1. The molecule has 6 nitrogen and oxygen atoms in total. The van der Waals surface area contributed by atoms with Crippen molar-refractivity contribution in [3.05, 3.63) is 30.2 Å². The molecule has 1 aliphatic heterocycles. The van der Waals surface area contributed by atoms with Gasteiger partial charge in [0, 0.05) is 19.2 Å². The van der Waals surface area contributed by atoms with E-state index in [1.54, 1.807) is 12.3 Å². The van der Waals surface area contributed by atoms with Crippen LogP contribution in [0.2, 0.25) is 0 Å². The molecule has 0 saturated carbocycles. The lowest BCUT2D eigenvalue weighted by atomic mass is 10.2. The molecular weight excluding hydrogens is 248 g/mol. The van der Waals surface area contributed by atoms with E-state index in [2.05, 4.69) is 10.1 Å². The maximum atomic E-state index is 9.31. The van der Waals surface area contributed by atoms with Gasteiger partial charge in [0.2, 0.25) is 5.76 Å². The first-order chi connectivity index (χ1) is 9.36. The van der Waals surface area contributed by atoms with E-state index < -0.39 is 0 Å². The van der Waals surface area contributed by atoms with Gasteiger partial charge in [-0.25, -0.2) is 0 Å². The van der Waals surface area contributed by atoms with E-state index in [4.69, 9.17) is 13.7 Å². The van der Waals surface area contributed by atoms with Gasteiger partial charge >= 0.3 is 0 Å². The zero-order chi connectivity index (χ0) is 13.1. The molecule has 0 aromatic carbocycles. The molecule has 1 unspecified atom stereocenters. The average molecular weight is 264 g/mol. The van der Waals surface area contributed by atoms with Crippen molar-refractivity contribution in [1.82, 2.24) is 10.1 Å². The molecule has 1 atom stereocenters. The van der Waals surface area contributed by atoms with Crippen molar-refractivity contribution in [2.24, 2.45) is 0 Å². The molecule has 1 fully saturated rings. The third-order valence-electron chi connectivity index (χ3n) is 3.25. The Morgan fingerprint density at radius 1 is 1.42 bits per heavy atom. The van der Waals surface area contributed by atoms with Crippen LogP contribution in [0.1, 0.15) is 5.69 Å². The highest BCUT2D eigenvalue weighted by molar-refractivity contribution is 5.49. The highest BCUT2D eigenvalue weighted by Crippen LogP contribution is 2.21. The number of furan rings is 1. The smallest absolute Gasteiger partial charge is 0.202 e. The predicted molar refractivity (Wildman–Crippen MR) is 66.3 cm³/mol. The number of morpholine rings is 1. The Morgan fingerprint density at radius 2 is 2.37 bits per heavy atom. The minimum atomic E-state index is 0.0255. The minimum Gasteiger partial charge on any atom is -0.461 e. The Balaban J connectivity index is 1.69. The molecular formula is C13H16N2O4. The topological polar surface area (TPSA) is 71.9 Å². The summed E-state index contributed by atoms with van der Waals surface area (Å²) in [5, 5.41) is 13.4. The highest BCUT2D eigenvalue weighted by Gasteiger charge is 2.23. The van der Waals surface area contributed by atoms with Gasteiger partial charge in [0.25, 0.3) is 0 Å². The fourth-order valence-corrected chi connectivity index (χ4v) is 2.19. The van der Waals surface area contributed by atoms with Crippen molar-refractivity contribution in [2.75, 3.05) is 26.4 Å². The fourth-order valence-electron chi connectivity index (χ4n) is 2.19. The van der Waals surface area contributed by atoms with Crippen LogP contribution in [0.25, 0.3) is 11.5 Å². The summed E-state index contributed by atoms with van der Waals surface area (Å²) in [4.78, 5) is 2.15. The summed E-state index contributed by atoms with van der Waals surface area (Å²) < 4.78 is 15.9. The van der Waals surface area contributed by atoms with Crippen molar-refractivity contribution in [3.63, 3.8) is 0 Å². The van der Waals surface area contributed by atoms with Crippen molar-refractivity contribution in [1.29, 1.82) is 0 Å². The summed E-state index contributed by atoms with van der Waals surface area (Å²) in [6.45, 7) is 2.74. The van der Waals surface area contributed by atoms with Crippen molar-refractivity contribution >= 4 is 0 Å². The number of aliphatic hydroxyl groups excluding tert-OH is 1. The second-order valence-electron chi connectivity index (χ2n) is 4.54. The van der Waals surface area contributed by atoms with Crippen LogP contribution in [0.3, 0.4) is 0 Å². The largest absolute Gasteiger partial charge is 0.461 e. The van der Waals surface area contributed by atoms with Crippen LogP contribution >= 0.6 is 0 Å². The predicted octanol–water partition coefficient (Wildman–Crippen LogP) is 1.13. The molecule has 2 aromatic rings. The lowest BCUT2D eigenvalue weighted by Gasteiger charge is -2.33. The standard InChI is InChI=1S/C13H16N2O4/c16-8-11-9-17-5-3-15(11)7-10-6-13(19-14-10)12-2-1-4-18-12/h1-2,4,6,11,16H,3,5,7-9H2. The Bertz CT molecular complexity index is 508. The molecule has 3 rings (SSSR count). The molecule has 1 aliphatic rings. The summed E-state index contributed by atoms with van der Waals surface area (Å²) in [5.74, 6) is 1.29. The summed E-state index contributed by atoms with van der Waals surface area (Å²) in [5.41, 5.74) is 0.826. The summed E-state index contributed by atoms with van der Waals surface area (Å²) in [7, 11) is 0. The van der Waals surface area contributed by atoms with E-state index in [0.717, 1.165) is 12.2 Å². The SMILES string of the molecule is OCC1COCCN1Cc1cc(-c2ccco2)on1. The van der Waals surface area contributed by atoms with Gasteiger partial charge in [-0.05, 0) is 12.1 Å². The van der Waals surface area contributed by atoms with Gasteiger partial charge in [-0.2, -0.15) is 0 Å².